The van der Waals surface area contributed by atoms with Crippen molar-refractivity contribution in [1.29, 1.82) is 0 Å². The van der Waals surface area contributed by atoms with Gasteiger partial charge in [-0.1, -0.05) is 24.3 Å². The number of nitrogens with one attached hydrogen (secondary N) is 2. The molecule has 3 aromatic carbocycles. The zero-order valence-electron chi connectivity index (χ0n) is 20.2. The van der Waals surface area contributed by atoms with Crippen LogP contribution in [0.4, 0.5) is 17.1 Å². The number of thiocarbonyl (C=S) groups is 1. The van der Waals surface area contributed by atoms with E-state index in [1.807, 2.05) is 54.3 Å². The summed E-state index contributed by atoms with van der Waals surface area (Å²) in [6, 6.07) is 18.4. The predicted molar refractivity (Wildman–Crippen MR) is 153 cm³/mol. The number of nitro groups is 1. The van der Waals surface area contributed by atoms with Gasteiger partial charge in [0.15, 0.2) is 5.11 Å². The summed E-state index contributed by atoms with van der Waals surface area (Å²) in [7, 11) is 0. The van der Waals surface area contributed by atoms with Crippen molar-refractivity contribution in [2.24, 2.45) is 0 Å². The Morgan fingerprint density at radius 2 is 1.86 bits per heavy atom. The summed E-state index contributed by atoms with van der Waals surface area (Å²) >= 11 is 7.01. The Hall–Kier alpha value is -3.89. The molecule has 8 nitrogen and oxygen atoms in total. The van der Waals surface area contributed by atoms with Gasteiger partial charge in [0.25, 0.3) is 11.6 Å². The van der Waals surface area contributed by atoms with Gasteiger partial charge in [-0.2, -0.15) is 0 Å². The summed E-state index contributed by atoms with van der Waals surface area (Å²) in [4.78, 5) is 31.0. The highest BCUT2D eigenvalue weighted by Gasteiger charge is 2.23. The van der Waals surface area contributed by atoms with E-state index in [1.54, 1.807) is 23.5 Å². The maximum absolute atomic E-state index is 12.9. The highest BCUT2D eigenvalue weighted by atomic mass is 32.1. The molecule has 10 heteroatoms. The molecule has 0 atom stereocenters. The number of nitrogens with zero attached hydrogens (tertiary/aromatic N) is 3. The van der Waals surface area contributed by atoms with Gasteiger partial charge in [-0.15, -0.1) is 11.3 Å². The second kappa shape index (κ2) is 10.6. The molecule has 1 saturated heterocycles. The lowest BCUT2D eigenvalue weighted by Gasteiger charge is -2.28. The summed E-state index contributed by atoms with van der Waals surface area (Å²) in [6.45, 7) is 3.52. The number of amides is 1. The third-order valence-corrected chi connectivity index (χ3v) is 7.74. The monoisotopic (exact) mass is 531 g/mol. The average molecular weight is 532 g/mol. The second-order valence-electron chi connectivity index (χ2n) is 8.88. The van der Waals surface area contributed by atoms with Crippen LogP contribution in [0.15, 0.2) is 60.7 Å². The molecule has 1 amide bonds. The molecular weight excluding hydrogens is 506 g/mol. The van der Waals surface area contributed by atoms with E-state index in [0.29, 0.717) is 5.69 Å². The molecule has 4 aromatic rings. The lowest BCUT2D eigenvalue weighted by molar-refractivity contribution is -0.384. The van der Waals surface area contributed by atoms with Crippen molar-refractivity contribution < 1.29 is 9.72 Å². The van der Waals surface area contributed by atoms with E-state index in [0.717, 1.165) is 64.4 Å². The number of rotatable bonds is 5. The van der Waals surface area contributed by atoms with Gasteiger partial charge in [0.2, 0.25) is 0 Å². The molecule has 0 bridgehead atoms. The minimum Gasteiger partial charge on any atom is -0.366 e. The van der Waals surface area contributed by atoms with Crippen LogP contribution in [0.1, 0.15) is 35.2 Å². The van der Waals surface area contributed by atoms with Gasteiger partial charge in [0.05, 0.1) is 15.1 Å². The Kier molecular flexibility index (Phi) is 7.11. The van der Waals surface area contributed by atoms with Crippen LogP contribution in [0.25, 0.3) is 20.8 Å². The Labute approximate surface area is 223 Å². The number of fused-ring (bicyclic) bond motifs is 1. The smallest absolute Gasteiger partial charge is 0.293 e. The van der Waals surface area contributed by atoms with Gasteiger partial charge in [0.1, 0.15) is 10.7 Å². The van der Waals surface area contributed by atoms with E-state index >= 15 is 0 Å². The first-order valence-corrected chi connectivity index (χ1v) is 13.2. The molecule has 37 heavy (non-hydrogen) atoms. The summed E-state index contributed by atoms with van der Waals surface area (Å²) in [5.41, 5.74) is 4.26. The van der Waals surface area contributed by atoms with Gasteiger partial charge in [0, 0.05) is 36.0 Å². The first kappa shape index (κ1) is 24.8. The van der Waals surface area contributed by atoms with Crippen LogP contribution in [0.3, 0.4) is 0 Å². The number of anilines is 2. The molecule has 0 saturated carbocycles. The fourth-order valence-corrected chi connectivity index (χ4v) is 5.78. The van der Waals surface area contributed by atoms with Crippen LogP contribution >= 0.6 is 23.6 Å². The number of para-hydroxylation sites is 1. The summed E-state index contributed by atoms with van der Waals surface area (Å²) < 4.78 is 1.11. The lowest BCUT2D eigenvalue weighted by atomic mass is 10.1. The number of carbonyl (C=O) groups excluding carboxylic acids is 1. The first-order valence-electron chi connectivity index (χ1n) is 12.0. The maximum Gasteiger partial charge on any atom is 0.293 e. The molecule has 0 radical (unpaired) electrons. The molecule has 0 spiro atoms. The normalized spacial score (nSPS) is 13.4. The van der Waals surface area contributed by atoms with Crippen LogP contribution < -0.4 is 15.5 Å². The zero-order valence-corrected chi connectivity index (χ0v) is 21.8. The summed E-state index contributed by atoms with van der Waals surface area (Å²) in [6.07, 6.45) is 3.12. The van der Waals surface area contributed by atoms with Gasteiger partial charge in [-0.25, -0.2) is 4.98 Å². The average Bonchev–Trinajstić information content (AvgIpc) is 3.34. The molecule has 0 aliphatic carbocycles. The molecule has 188 valence electrons. The largest absolute Gasteiger partial charge is 0.366 e. The Balaban J connectivity index is 1.31. The summed E-state index contributed by atoms with van der Waals surface area (Å²) in [5, 5.41) is 18.5. The highest BCUT2D eigenvalue weighted by Crippen LogP contribution is 2.34. The lowest BCUT2D eigenvalue weighted by Crippen LogP contribution is -2.34. The molecule has 0 unspecified atom stereocenters. The number of aromatic nitrogens is 1. The Morgan fingerprint density at radius 3 is 2.62 bits per heavy atom. The van der Waals surface area contributed by atoms with Crippen LogP contribution in [0.2, 0.25) is 0 Å². The van der Waals surface area contributed by atoms with Crippen molar-refractivity contribution in [3.05, 3.63) is 81.9 Å². The van der Waals surface area contributed by atoms with Crippen LogP contribution in [-0.2, 0) is 0 Å². The van der Waals surface area contributed by atoms with E-state index in [9.17, 15) is 14.9 Å². The van der Waals surface area contributed by atoms with E-state index in [-0.39, 0.29) is 16.4 Å². The molecule has 1 aliphatic rings. The molecule has 1 fully saturated rings. The Bertz CT molecular complexity index is 1480. The van der Waals surface area contributed by atoms with Gasteiger partial charge in [-0.3, -0.25) is 20.2 Å². The number of piperidine rings is 1. The minimum absolute atomic E-state index is 0.0761. The predicted octanol–water partition coefficient (Wildman–Crippen LogP) is 6.30. The maximum atomic E-state index is 12.9. The van der Waals surface area contributed by atoms with Gasteiger partial charge < -0.3 is 10.2 Å². The van der Waals surface area contributed by atoms with Crippen molar-refractivity contribution in [2.75, 3.05) is 23.3 Å². The van der Waals surface area contributed by atoms with E-state index in [2.05, 4.69) is 10.6 Å². The fourth-order valence-electron chi connectivity index (χ4n) is 4.53. The van der Waals surface area contributed by atoms with Crippen molar-refractivity contribution in [3.8, 4) is 10.6 Å². The molecule has 5 rings (SSSR count). The molecule has 2 heterocycles. The Morgan fingerprint density at radius 1 is 1.08 bits per heavy atom. The van der Waals surface area contributed by atoms with Crippen LogP contribution in [0.5, 0.6) is 0 Å². The molecule has 1 aliphatic heterocycles. The zero-order chi connectivity index (χ0) is 25.9. The number of carbonyl (C=O) groups is 1. The SMILES string of the molecule is Cc1c(NC(=S)NC(=O)c2ccc(N3CCCCC3)c([N+](=O)[O-])c2)cccc1-c1nc2ccccc2s1. The number of benzene rings is 3. The molecule has 1 aromatic heterocycles. The standard InChI is InChI=1S/C27H25N5O3S2/c1-17-19(26-28-21-9-3-4-11-24(21)37-26)8-7-10-20(17)29-27(36)30-25(33)18-12-13-22(23(16-18)32(34)35)31-14-5-2-6-15-31/h3-4,7-13,16H,2,5-6,14-15H2,1H3,(H2,29,30,33,36). The quantitative estimate of drug-likeness (QED) is 0.177. The third kappa shape index (κ3) is 5.30. The number of hydrogen-bond donors (Lipinski definition) is 2. The van der Waals surface area contributed by atoms with Crippen molar-refractivity contribution in [3.63, 3.8) is 0 Å². The first-order chi connectivity index (χ1) is 17.9. The number of thiazole rings is 1. The molecular formula is C27H25N5O3S2. The number of nitro benzene ring substituents is 1. The molecule has 2 N–H and O–H groups in total. The van der Waals surface area contributed by atoms with E-state index in [4.69, 9.17) is 17.2 Å². The van der Waals surface area contributed by atoms with Crippen molar-refractivity contribution in [1.82, 2.24) is 10.3 Å². The van der Waals surface area contributed by atoms with E-state index in [1.165, 1.54) is 6.07 Å². The number of hydrogen-bond acceptors (Lipinski definition) is 7. The van der Waals surface area contributed by atoms with Crippen LogP contribution in [0, 0.1) is 17.0 Å². The van der Waals surface area contributed by atoms with Crippen molar-refractivity contribution in [2.45, 2.75) is 26.2 Å². The van der Waals surface area contributed by atoms with Gasteiger partial charge >= 0.3 is 0 Å². The van der Waals surface area contributed by atoms with E-state index < -0.39 is 10.8 Å². The topological polar surface area (TPSA) is 100 Å². The highest BCUT2D eigenvalue weighted by molar-refractivity contribution is 7.80. The minimum atomic E-state index is -0.509. The van der Waals surface area contributed by atoms with Crippen molar-refractivity contribution >= 4 is 61.9 Å². The fraction of sp³-hybridized carbons (Fsp3) is 0.222. The summed E-state index contributed by atoms with van der Waals surface area (Å²) in [5.74, 6) is -0.509. The van der Waals surface area contributed by atoms with Crippen LogP contribution in [-0.4, -0.2) is 34.0 Å². The third-order valence-electron chi connectivity index (χ3n) is 6.46. The van der Waals surface area contributed by atoms with Gasteiger partial charge in [-0.05, 0) is 74.3 Å². The second-order valence-corrected chi connectivity index (χ2v) is 10.3.